The molecule has 2 nitrogen and oxygen atoms in total. The smallest absolute Gasteiger partial charge is 0.0965 e. The Bertz CT molecular complexity index is 445. The molecule has 0 unspecified atom stereocenters. The van der Waals surface area contributed by atoms with E-state index in [2.05, 4.69) is 4.90 Å². The highest BCUT2D eigenvalue weighted by molar-refractivity contribution is 6.32. The predicted molar refractivity (Wildman–Crippen MR) is 69.7 cm³/mol. The maximum Gasteiger partial charge on any atom is 0.0965 e. The van der Waals surface area contributed by atoms with Gasteiger partial charge in [-0.2, -0.15) is 0 Å². The van der Waals surface area contributed by atoms with Gasteiger partial charge in [-0.3, -0.25) is 0 Å². The van der Waals surface area contributed by atoms with Gasteiger partial charge in [-0.05, 0) is 36.5 Å². The van der Waals surface area contributed by atoms with Gasteiger partial charge in [0.2, 0.25) is 0 Å². The molecule has 17 heavy (non-hydrogen) atoms. The Morgan fingerprint density at radius 3 is 2.59 bits per heavy atom. The van der Waals surface area contributed by atoms with Gasteiger partial charge in [0.15, 0.2) is 0 Å². The first kappa shape index (κ1) is 11.1. The van der Waals surface area contributed by atoms with Crippen molar-refractivity contribution in [2.45, 2.75) is 18.9 Å². The largest absolute Gasteiger partial charge is 0.387 e. The van der Waals surface area contributed by atoms with Crippen LogP contribution in [0.3, 0.4) is 0 Å². The molecule has 3 aliphatic heterocycles. The summed E-state index contributed by atoms with van der Waals surface area (Å²) in [6.45, 7) is 2.13. The highest BCUT2D eigenvalue weighted by Crippen LogP contribution is 2.36. The van der Waals surface area contributed by atoms with E-state index in [0.717, 1.165) is 42.2 Å². The number of fused-ring (bicyclic) bond motifs is 3. The Hall–Kier alpha value is -0.990. The number of benzene rings is 1. The van der Waals surface area contributed by atoms with Gasteiger partial charge in [0.1, 0.15) is 0 Å². The van der Waals surface area contributed by atoms with Crippen molar-refractivity contribution in [2.24, 2.45) is 5.92 Å². The van der Waals surface area contributed by atoms with Gasteiger partial charge in [0.25, 0.3) is 0 Å². The normalized spacial score (nSPS) is 30.0. The third-order valence-electron chi connectivity index (χ3n) is 3.86. The molecule has 1 N–H and O–H groups in total. The van der Waals surface area contributed by atoms with Crippen molar-refractivity contribution in [3.63, 3.8) is 0 Å². The standard InChI is InChI=1S/C14H16ClNO/c15-12-4-2-1-3-11(12)9-13-14(17)10-5-7-16(13)8-6-10/h1-4,9-10,14,17H,5-8H2/b13-9+/t14-/m1/s1. The minimum absolute atomic E-state index is 0.311. The Balaban J connectivity index is 1.96. The van der Waals surface area contributed by atoms with E-state index in [9.17, 15) is 5.11 Å². The predicted octanol–water partition coefficient (Wildman–Crippen LogP) is 2.77. The fourth-order valence-electron chi connectivity index (χ4n) is 2.83. The average molecular weight is 250 g/mol. The fraction of sp³-hybridized carbons (Fsp3) is 0.429. The van der Waals surface area contributed by atoms with Crippen LogP contribution < -0.4 is 0 Å². The molecule has 3 fully saturated rings. The van der Waals surface area contributed by atoms with Crippen molar-refractivity contribution >= 4 is 17.7 Å². The van der Waals surface area contributed by atoms with Gasteiger partial charge in [-0.1, -0.05) is 29.8 Å². The number of aliphatic hydroxyl groups excluding tert-OH is 1. The number of piperidine rings is 3. The second-order valence-electron chi connectivity index (χ2n) is 4.86. The molecule has 0 aromatic heterocycles. The molecule has 0 amide bonds. The fourth-order valence-corrected chi connectivity index (χ4v) is 3.02. The summed E-state index contributed by atoms with van der Waals surface area (Å²) in [5.41, 5.74) is 2.04. The minimum Gasteiger partial charge on any atom is -0.387 e. The van der Waals surface area contributed by atoms with Gasteiger partial charge in [0, 0.05) is 23.8 Å². The summed E-state index contributed by atoms with van der Waals surface area (Å²) >= 11 is 6.15. The number of hydrogen-bond donors (Lipinski definition) is 1. The molecule has 0 aliphatic carbocycles. The molecule has 3 heterocycles. The Morgan fingerprint density at radius 2 is 1.94 bits per heavy atom. The van der Waals surface area contributed by atoms with E-state index in [1.54, 1.807) is 0 Å². The summed E-state index contributed by atoms with van der Waals surface area (Å²) in [5.74, 6) is 0.439. The topological polar surface area (TPSA) is 23.5 Å². The monoisotopic (exact) mass is 249 g/mol. The van der Waals surface area contributed by atoms with Crippen LogP contribution in [0, 0.1) is 5.92 Å². The molecule has 3 saturated heterocycles. The van der Waals surface area contributed by atoms with Crippen LogP contribution in [0.4, 0.5) is 0 Å². The molecular formula is C14H16ClNO. The molecule has 1 aromatic rings. The average Bonchev–Trinajstić information content (AvgIpc) is 2.36. The second-order valence-corrected chi connectivity index (χ2v) is 5.27. The van der Waals surface area contributed by atoms with Crippen molar-refractivity contribution in [3.8, 4) is 0 Å². The van der Waals surface area contributed by atoms with Crippen molar-refractivity contribution in [1.82, 2.24) is 4.90 Å². The van der Waals surface area contributed by atoms with Crippen LogP contribution in [0.15, 0.2) is 30.0 Å². The number of halogens is 1. The first-order chi connectivity index (χ1) is 8.25. The summed E-state index contributed by atoms with van der Waals surface area (Å²) in [6, 6.07) is 7.78. The van der Waals surface area contributed by atoms with Crippen LogP contribution >= 0.6 is 11.6 Å². The SMILES string of the molecule is O[C@H]1/C(=C\c2ccccc2Cl)N2CCC1CC2. The molecule has 2 bridgehead atoms. The van der Waals surface area contributed by atoms with Crippen LogP contribution in [-0.4, -0.2) is 29.2 Å². The molecule has 4 rings (SSSR count). The van der Waals surface area contributed by atoms with E-state index < -0.39 is 0 Å². The summed E-state index contributed by atoms with van der Waals surface area (Å²) in [6.07, 6.45) is 3.95. The van der Waals surface area contributed by atoms with E-state index in [1.165, 1.54) is 0 Å². The van der Waals surface area contributed by atoms with E-state index in [1.807, 2.05) is 30.3 Å². The lowest BCUT2D eigenvalue weighted by atomic mass is 9.83. The molecule has 0 spiro atoms. The maximum absolute atomic E-state index is 10.3. The maximum atomic E-state index is 10.3. The Labute approximate surface area is 107 Å². The first-order valence-electron chi connectivity index (χ1n) is 6.15. The number of rotatable bonds is 1. The lowest BCUT2D eigenvalue weighted by Gasteiger charge is -2.46. The van der Waals surface area contributed by atoms with Crippen LogP contribution in [0.25, 0.3) is 6.08 Å². The van der Waals surface area contributed by atoms with Gasteiger partial charge < -0.3 is 10.0 Å². The van der Waals surface area contributed by atoms with Gasteiger partial charge in [-0.15, -0.1) is 0 Å². The van der Waals surface area contributed by atoms with Crippen molar-refractivity contribution in [3.05, 3.63) is 40.5 Å². The Morgan fingerprint density at radius 1 is 1.24 bits per heavy atom. The minimum atomic E-state index is -0.311. The van der Waals surface area contributed by atoms with Crippen LogP contribution in [0.1, 0.15) is 18.4 Å². The number of nitrogens with zero attached hydrogens (tertiary/aromatic N) is 1. The zero-order valence-corrected chi connectivity index (χ0v) is 10.4. The summed E-state index contributed by atoms with van der Waals surface area (Å²) in [7, 11) is 0. The van der Waals surface area contributed by atoms with Gasteiger partial charge in [0.05, 0.1) is 6.10 Å². The summed E-state index contributed by atoms with van der Waals surface area (Å²) in [4.78, 5) is 2.29. The molecule has 0 saturated carbocycles. The molecular weight excluding hydrogens is 234 g/mol. The van der Waals surface area contributed by atoms with E-state index >= 15 is 0 Å². The summed E-state index contributed by atoms with van der Waals surface area (Å²) < 4.78 is 0. The van der Waals surface area contributed by atoms with Gasteiger partial charge in [-0.25, -0.2) is 0 Å². The second kappa shape index (κ2) is 4.35. The molecule has 1 aromatic carbocycles. The highest BCUT2D eigenvalue weighted by Gasteiger charge is 2.36. The third-order valence-corrected chi connectivity index (χ3v) is 4.21. The van der Waals surface area contributed by atoms with Crippen molar-refractivity contribution in [1.29, 1.82) is 0 Å². The van der Waals surface area contributed by atoms with Crippen LogP contribution in [0.5, 0.6) is 0 Å². The van der Waals surface area contributed by atoms with Gasteiger partial charge >= 0.3 is 0 Å². The highest BCUT2D eigenvalue weighted by atomic mass is 35.5. The van der Waals surface area contributed by atoms with E-state index in [4.69, 9.17) is 11.6 Å². The zero-order chi connectivity index (χ0) is 11.8. The lowest BCUT2D eigenvalue weighted by molar-refractivity contribution is 0.0215. The molecule has 1 atom stereocenters. The van der Waals surface area contributed by atoms with Crippen LogP contribution in [-0.2, 0) is 0 Å². The van der Waals surface area contributed by atoms with E-state index in [-0.39, 0.29) is 6.10 Å². The zero-order valence-electron chi connectivity index (χ0n) is 9.64. The first-order valence-corrected chi connectivity index (χ1v) is 6.52. The lowest BCUT2D eigenvalue weighted by Crippen LogP contribution is -2.48. The molecule has 0 radical (unpaired) electrons. The van der Waals surface area contributed by atoms with Crippen molar-refractivity contribution < 1.29 is 5.11 Å². The van der Waals surface area contributed by atoms with E-state index in [0.29, 0.717) is 5.92 Å². The number of hydrogen-bond acceptors (Lipinski definition) is 2. The quantitative estimate of drug-likeness (QED) is 0.827. The Kier molecular flexibility index (Phi) is 2.85. The molecule has 3 aliphatic rings. The number of aliphatic hydroxyl groups is 1. The third kappa shape index (κ3) is 1.96. The van der Waals surface area contributed by atoms with Crippen LogP contribution in [0.2, 0.25) is 5.02 Å². The molecule has 3 heteroatoms. The molecule has 90 valence electrons. The van der Waals surface area contributed by atoms with Crippen molar-refractivity contribution in [2.75, 3.05) is 13.1 Å². The summed E-state index contributed by atoms with van der Waals surface area (Å²) in [5, 5.41) is 11.0.